The van der Waals surface area contributed by atoms with Gasteiger partial charge < -0.3 is 10.6 Å². The fraction of sp³-hybridized carbons (Fsp3) is 0.625. The van der Waals surface area contributed by atoms with Crippen molar-refractivity contribution in [2.24, 2.45) is 11.7 Å². The van der Waals surface area contributed by atoms with Crippen molar-refractivity contribution in [1.82, 2.24) is 0 Å². The number of anilines is 1. The zero-order chi connectivity index (χ0) is 13.7. The molecule has 0 aliphatic heterocycles. The molecule has 0 bridgehead atoms. The molecule has 0 heterocycles. The van der Waals surface area contributed by atoms with E-state index in [1.165, 1.54) is 42.0 Å². The second-order valence-electron chi connectivity index (χ2n) is 5.28. The molecule has 2 nitrogen and oxygen atoms in total. The molecular weight excluding hydrogens is 252 g/mol. The summed E-state index contributed by atoms with van der Waals surface area (Å²) in [4.78, 5) is 3.92. The van der Waals surface area contributed by atoms with Crippen molar-refractivity contribution in [2.75, 3.05) is 23.7 Å². The molecule has 3 heteroatoms. The number of nitrogens with two attached hydrogens (primary N) is 1. The molecule has 106 valence electrons. The summed E-state index contributed by atoms with van der Waals surface area (Å²) in [6.07, 6.45) is 4.00. The van der Waals surface area contributed by atoms with E-state index < -0.39 is 0 Å². The lowest BCUT2D eigenvalue weighted by atomic mass is 10.1. The highest BCUT2D eigenvalue weighted by atomic mass is 32.2. The Labute approximate surface area is 121 Å². The van der Waals surface area contributed by atoms with E-state index in [1.807, 2.05) is 11.8 Å². The number of nitrogens with zero attached hydrogens (tertiary/aromatic N) is 1. The molecule has 0 spiro atoms. The largest absolute Gasteiger partial charge is 0.371 e. The summed E-state index contributed by atoms with van der Waals surface area (Å²) in [5.74, 6) is 2.02. The smallest absolute Gasteiger partial charge is 0.0423 e. The number of hydrogen-bond donors (Lipinski definition) is 1. The quantitative estimate of drug-likeness (QED) is 0.732. The molecule has 0 saturated heterocycles. The van der Waals surface area contributed by atoms with Crippen LogP contribution >= 0.6 is 11.8 Å². The van der Waals surface area contributed by atoms with Gasteiger partial charge in [0, 0.05) is 35.8 Å². The average Bonchev–Trinajstić information content (AvgIpc) is 3.22. The Morgan fingerprint density at radius 2 is 2.11 bits per heavy atom. The Balaban J connectivity index is 2.25. The van der Waals surface area contributed by atoms with Crippen LogP contribution in [0.2, 0.25) is 0 Å². The fourth-order valence-corrected chi connectivity index (χ4v) is 3.39. The van der Waals surface area contributed by atoms with Crippen LogP contribution in [0.25, 0.3) is 0 Å². The third-order valence-corrected chi connectivity index (χ3v) is 4.60. The summed E-state index contributed by atoms with van der Waals surface area (Å²) in [5, 5.41) is 0. The molecule has 19 heavy (non-hydrogen) atoms. The van der Waals surface area contributed by atoms with E-state index in [0.29, 0.717) is 6.54 Å². The second kappa shape index (κ2) is 7.20. The van der Waals surface area contributed by atoms with Crippen molar-refractivity contribution in [2.45, 2.75) is 44.6 Å². The SMILES string of the molecule is CCCN(CC1CC1)c1cccc(SCC)c1CN. The molecule has 1 saturated carbocycles. The van der Waals surface area contributed by atoms with Crippen LogP contribution in [-0.2, 0) is 6.54 Å². The Kier molecular flexibility index (Phi) is 5.59. The highest BCUT2D eigenvalue weighted by Gasteiger charge is 2.25. The van der Waals surface area contributed by atoms with Gasteiger partial charge in [-0.3, -0.25) is 0 Å². The number of rotatable bonds is 8. The second-order valence-corrected chi connectivity index (χ2v) is 6.59. The van der Waals surface area contributed by atoms with Gasteiger partial charge in [0.2, 0.25) is 0 Å². The number of hydrogen-bond acceptors (Lipinski definition) is 3. The maximum absolute atomic E-state index is 6.02. The molecule has 2 rings (SSSR count). The molecule has 0 atom stereocenters. The van der Waals surface area contributed by atoms with Crippen LogP contribution in [0, 0.1) is 5.92 Å². The Hall–Kier alpha value is -0.670. The van der Waals surface area contributed by atoms with Gasteiger partial charge in [0.15, 0.2) is 0 Å². The molecule has 1 aromatic carbocycles. The molecule has 2 N–H and O–H groups in total. The fourth-order valence-electron chi connectivity index (χ4n) is 2.54. The Morgan fingerprint density at radius 3 is 2.68 bits per heavy atom. The van der Waals surface area contributed by atoms with Crippen molar-refractivity contribution in [3.63, 3.8) is 0 Å². The van der Waals surface area contributed by atoms with Gasteiger partial charge in [-0.2, -0.15) is 0 Å². The maximum atomic E-state index is 6.02. The Bertz CT molecular complexity index is 402. The molecule has 0 aromatic heterocycles. The van der Waals surface area contributed by atoms with Crippen molar-refractivity contribution >= 4 is 17.4 Å². The standard InChI is InChI=1S/C16H26N2S/c1-3-10-18(12-13-8-9-13)15-6-5-7-16(19-4-2)14(15)11-17/h5-7,13H,3-4,8-12,17H2,1-2H3. The molecule has 1 aromatic rings. The minimum atomic E-state index is 0.642. The lowest BCUT2D eigenvalue weighted by Gasteiger charge is -2.27. The predicted octanol–water partition coefficient (Wildman–Crippen LogP) is 3.88. The molecule has 1 fully saturated rings. The van der Waals surface area contributed by atoms with Gasteiger partial charge in [-0.15, -0.1) is 11.8 Å². The zero-order valence-corrected chi connectivity index (χ0v) is 13.0. The summed E-state index contributed by atoms with van der Waals surface area (Å²) in [5.41, 5.74) is 8.73. The van der Waals surface area contributed by atoms with E-state index in [-0.39, 0.29) is 0 Å². The first-order chi connectivity index (χ1) is 9.30. The van der Waals surface area contributed by atoms with E-state index in [4.69, 9.17) is 5.73 Å². The highest BCUT2D eigenvalue weighted by Crippen LogP contribution is 2.35. The maximum Gasteiger partial charge on any atom is 0.0423 e. The van der Waals surface area contributed by atoms with Crippen molar-refractivity contribution in [3.05, 3.63) is 23.8 Å². The molecule has 0 unspecified atom stereocenters. The van der Waals surface area contributed by atoms with Crippen LogP contribution < -0.4 is 10.6 Å². The van der Waals surface area contributed by atoms with Crippen molar-refractivity contribution in [3.8, 4) is 0 Å². The van der Waals surface area contributed by atoms with E-state index in [9.17, 15) is 0 Å². The molecule has 0 amide bonds. The van der Waals surface area contributed by atoms with Crippen molar-refractivity contribution < 1.29 is 0 Å². The first kappa shape index (κ1) is 14.7. The van der Waals surface area contributed by atoms with Gasteiger partial charge in [0.1, 0.15) is 0 Å². The van der Waals surface area contributed by atoms with Crippen molar-refractivity contribution in [1.29, 1.82) is 0 Å². The molecule has 1 aliphatic carbocycles. The summed E-state index contributed by atoms with van der Waals surface area (Å²) in [7, 11) is 0. The number of thioether (sulfide) groups is 1. The molecule has 1 aliphatic rings. The van der Waals surface area contributed by atoms with Gasteiger partial charge in [-0.1, -0.05) is 19.9 Å². The average molecular weight is 278 g/mol. The van der Waals surface area contributed by atoms with Crippen LogP contribution in [0.3, 0.4) is 0 Å². The van der Waals surface area contributed by atoms with E-state index in [1.54, 1.807) is 0 Å². The van der Waals surface area contributed by atoms with E-state index in [0.717, 1.165) is 18.2 Å². The van der Waals surface area contributed by atoms with Gasteiger partial charge in [0.25, 0.3) is 0 Å². The summed E-state index contributed by atoms with van der Waals surface area (Å²) < 4.78 is 0. The number of benzene rings is 1. The summed E-state index contributed by atoms with van der Waals surface area (Å²) >= 11 is 1.90. The van der Waals surface area contributed by atoms with Crippen LogP contribution in [0.5, 0.6) is 0 Å². The van der Waals surface area contributed by atoms with Crippen LogP contribution in [0.1, 0.15) is 38.7 Å². The third kappa shape index (κ3) is 3.90. The van der Waals surface area contributed by atoms with Gasteiger partial charge in [-0.25, -0.2) is 0 Å². The zero-order valence-electron chi connectivity index (χ0n) is 12.2. The third-order valence-electron chi connectivity index (χ3n) is 3.62. The Morgan fingerprint density at radius 1 is 1.32 bits per heavy atom. The van der Waals surface area contributed by atoms with Crippen LogP contribution in [0.15, 0.2) is 23.1 Å². The van der Waals surface area contributed by atoms with E-state index >= 15 is 0 Å². The summed E-state index contributed by atoms with van der Waals surface area (Å²) in [6.45, 7) is 7.45. The summed E-state index contributed by atoms with van der Waals surface area (Å²) in [6, 6.07) is 6.64. The lowest BCUT2D eigenvalue weighted by Crippen LogP contribution is -2.28. The first-order valence-electron chi connectivity index (χ1n) is 7.49. The monoisotopic (exact) mass is 278 g/mol. The lowest BCUT2D eigenvalue weighted by molar-refractivity contribution is 0.703. The minimum absolute atomic E-state index is 0.642. The van der Waals surface area contributed by atoms with Gasteiger partial charge in [-0.05, 0) is 43.1 Å². The normalized spacial score (nSPS) is 14.7. The van der Waals surface area contributed by atoms with Crippen LogP contribution in [0.4, 0.5) is 5.69 Å². The van der Waals surface area contributed by atoms with Gasteiger partial charge in [0.05, 0.1) is 0 Å². The van der Waals surface area contributed by atoms with Crippen LogP contribution in [-0.4, -0.2) is 18.8 Å². The van der Waals surface area contributed by atoms with Gasteiger partial charge >= 0.3 is 0 Å². The predicted molar refractivity (Wildman–Crippen MR) is 86.0 cm³/mol. The molecular formula is C16H26N2S. The minimum Gasteiger partial charge on any atom is -0.371 e. The first-order valence-corrected chi connectivity index (χ1v) is 8.48. The molecule has 0 radical (unpaired) electrons. The topological polar surface area (TPSA) is 29.3 Å². The van der Waals surface area contributed by atoms with E-state index in [2.05, 4.69) is 36.9 Å². The highest BCUT2D eigenvalue weighted by molar-refractivity contribution is 7.99.